The zero-order valence-electron chi connectivity index (χ0n) is 19.3. The highest BCUT2D eigenvalue weighted by molar-refractivity contribution is 5.29. The van der Waals surface area contributed by atoms with Gasteiger partial charge in [-0.15, -0.1) is 0 Å². The SMILES string of the molecule is CCCC[C@H]1CC[C@H](c2ccc(OCCC[C@H]3CC[C@H](CCC)CC3)cc2)CC1. The summed E-state index contributed by atoms with van der Waals surface area (Å²) in [4.78, 5) is 0. The number of rotatable bonds is 11. The topological polar surface area (TPSA) is 9.23 Å². The Morgan fingerprint density at radius 2 is 1.21 bits per heavy atom. The lowest BCUT2D eigenvalue weighted by Gasteiger charge is -2.29. The first kappa shape index (κ1) is 22.7. The zero-order valence-corrected chi connectivity index (χ0v) is 19.3. The molecule has 1 nitrogen and oxygen atoms in total. The van der Waals surface area contributed by atoms with Crippen molar-refractivity contribution in [3.63, 3.8) is 0 Å². The molecule has 0 N–H and O–H groups in total. The smallest absolute Gasteiger partial charge is 0.119 e. The summed E-state index contributed by atoms with van der Waals surface area (Å²) in [6, 6.07) is 9.10. The molecule has 0 heterocycles. The quantitative estimate of drug-likeness (QED) is 0.338. The van der Waals surface area contributed by atoms with Gasteiger partial charge in [-0.25, -0.2) is 0 Å². The van der Waals surface area contributed by atoms with E-state index in [1.807, 2.05) is 0 Å². The summed E-state index contributed by atoms with van der Waals surface area (Å²) in [6.45, 7) is 5.53. The molecule has 0 aromatic heterocycles. The van der Waals surface area contributed by atoms with Crippen molar-refractivity contribution < 1.29 is 4.74 Å². The largest absolute Gasteiger partial charge is 0.494 e. The highest BCUT2D eigenvalue weighted by Crippen LogP contribution is 2.38. The van der Waals surface area contributed by atoms with E-state index in [1.54, 1.807) is 0 Å². The lowest BCUT2D eigenvalue weighted by molar-refractivity contribution is 0.230. The Hall–Kier alpha value is -0.980. The average molecular weight is 399 g/mol. The third-order valence-corrected chi connectivity index (χ3v) is 7.85. The van der Waals surface area contributed by atoms with Crippen LogP contribution in [-0.2, 0) is 0 Å². The molecule has 1 aromatic carbocycles. The van der Waals surface area contributed by atoms with Gasteiger partial charge in [0.25, 0.3) is 0 Å². The third-order valence-electron chi connectivity index (χ3n) is 7.85. The van der Waals surface area contributed by atoms with Crippen LogP contribution in [0.15, 0.2) is 24.3 Å². The van der Waals surface area contributed by atoms with Crippen LogP contribution in [0.4, 0.5) is 0 Å². The van der Waals surface area contributed by atoms with Crippen LogP contribution in [0.5, 0.6) is 5.75 Å². The van der Waals surface area contributed by atoms with Gasteiger partial charge in [-0.2, -0.15) is 0 Å². The van der Waals surface area contributed by atoms with Gasteiger partial charge in [-0.3, -0.25) is 0 Å². The summed E-state index contributed by atoms with van der Waals surface area (Å²) in [5.74, 6) is 4.83. The Bertz CT molecular complexity index is 532. The fourth-order valence-corrected chi connectivity index (χ4v) is 5.89. The second-order valence-electron chi connectivity index (χ2n) is 10.1. The first-order valence-electron chi connectivity index (χ1n) is 13.0. The highest BCUT2D eigenvalue weighted by atomic mass is 16.5. The molecule has 29 heavy (non-hydrogen) atoms. The second kappa shape index (κ2) is 12.7. The van der Waals surface area contributed by atoms with Crippen LogP contribution in [0.3, 0.4) is 0 Å². The van der Waals surface area contributed by atoms with E-state index >= 15 is 0 Å². The first-order chi connectivity index (χ1) is 14.3. The summed E-state index contributed by atoms with van der Waals surface area (Å²) >= 11 is 0. The predicted octanol–water partition coefficient (Wildman–Crippen LogP) is 8.92. The van der Waals surface area contributed by atoms with Gasteiger partial charge < -0.3 is 4.74 Å². The van der Waals surface area contributed by atoms with E-state index in [2.05, 4.69) is 38.1 Å². The van der Waals surface area contributed by atoms with Gasteiger partial charge in [0.15, 0.2) is 0 Å². The van der Waals surface area contributed by atoms with Gasteiger partial charge in [0.1, 0.15) is 5.75 Å². The minimum absolute atomic E-state index is 0.782. The van der Waals surface area contributed by atoms with Crippen molar-refractivity contribution in [2.45, 2.75) is 116 Å². The normalized spacial score (nSPS) is 27.7. The molecule has 2 aliphatic rings. The lowest BCUT2D eigenvalue weighted by atomic mass is 9.77. The predicted molar refractivity (Wildman–Crippen MR) is 126 cm³/mol. The van der Waals surface area contributed by atoms with Crippen LogP contribution >= 0.6 is 0 Å². The van der Waals surface area contributed by atoms with Crippen molar-refractivity contribution in [1.29, 1.82) is 0 Å². The molecule has 0 spiro atoms. The van der Waals surface area contributed by atoms with Crippen LogP contribution in [0.25, 0.3) is 0 Å². The molecule has 0 radical (unpaired) electrons. The summed E-state index contributed by atoms with van der Waals surface area (Å²) in [5, 5.41) is 0. The highest BCUT2D eigenvalue weighted by Gasteiger charge is 2.22. The van der Waals surface area contributed by atoms with E-state index in [0.29, 0.717) is 0 Å². The maximum absolute atomic E-state index is 6.06. The fourth-order valence-electron chi connectivity index (χ4n) is 5.89. The molecule has 0 aliphatic heterocycles. The minimum atomic E-state index is 0.782. The van der Waals surface area contributed by atoms with E-state index in [-0.39, 0.29) is 0 Å². The van der Waals surface area contributed by atoms with Crippen molar-refractivity contribution in [2.24, 2.45) is 17.8 Å². The summed E-state index contributed by atoms with van der Waals surface area (Å²) in [5.41, 5.74) is 1.54. The van der Waals surface area contributed by atoms with Crippen LogP contribution < -0.4 is 4.74 Å². The zero-order chi connectivity index (χ0) is 20.3. The molecule has 0 amide bonds. The molecular formula is C28H46O. The Kier molecular flexibility index (Phi) is 9.91. The number of hydrogen-bond acceptors (Lipinski definition) is 1. The van der Waals surface area contributed by atoms with Crippen molar-refractivity contribution in [2.75, 3.05) is 6.61 Å². The van der Waals surface area contributed by atoms with Crippen molar-refractivity contribution in [1.82, 2.24) is 0 Å². The van der Waals surface area contributed by atoms with E-state index in [9.17, 15) is 0 Å². The van der Waals surface area contributed by atoms with Crippen LogP contribution in [0, 0.1) is 17.8 Å². The van der Waals surface area contributed by atoms with Crippen LogP contribution in [0.2, 0.25) is 0 Å². The van der Waals surface area contributed by atoms with Crippen molar-refractivity contribution >= 4 is 0 Å². The molecule has 164 valence electrons. The molecule has 0 bridgehead atoms. The number of benzene rings is 1. The molecule has 1 heteroatoms. The number of hydrogen-bond donors (Lipinski definition) is 0. The number of ether oxygens (including phenoxy) is 1. The second-order valence-corrected chi connectivity index (χ2v) is 10.1. The molecule has 0 atom stereocenters. The van der Waals surface area contributed by atoms with Crippen molar-refractivity contribution in [3.05, 3.63) is 29.8 Å². The maximum Gasteiger partial charge on any atom is 0.119 e. The molecule has 0 unspecified atom stereocenters. The monoisotopic (exact) mass is 398 g/mol. The van der Waals surface area contributed by atoms with Gasteiger partial charge in [0.05, 0.1) is 6.61 Å². The average Bonchev–Trinajstić information content (AvgIpc) is 2.77. The molecule has 2 saturated carbocycles. The van der Waals surface area contributed by atoms with E-state index in [0.717, 1.165) is 36.0 Å². The van der Waals surface area contributed by atoms with Gasteiger partial charge in [0.2, 0.25) is 0 Å². The molecule has 0 saturated heterocycles. The van der Waals surface area contributed by atoms with E-state index in [1.165, 1.54) is 102 Å². The van der Waals surface area contributed by atoms with Gasteiger partial charge in [0, 0.05) is 0 Å². The molecule has 2 fully saturated rings. The standard InChI is InChI=1S/C28H46O/c1-3-5-8-24-14-16-26(17-15-24)27-18-20-28(21-19-27)29-22-6-9-25-12-10-23(7-4-2)11-13-25/h18-21,23-26H,3-17,22H2,1-2H3/t23-,24-,25-,26-. The summed E-state index contributed by atoms with van der Waals surface area (Å²) in [7, 11) is 0. The van der Waals surface area contributed by atoms with E-state index in [4.69, 9.17) is 4.74 Å². The summed E-state index contributed by atoms with van der Waals surface area (Å²) < 4.78 is 6.06. The molecular weight excluding hydrogens is 352 g/mol. The van der Waals surface area contributed by atoms with Gasteiger partial charge >= 0.3 is 0 Å². The Morgan fingerprint density at radius 3 is 1.79 bits per heavy atom. The molecule has 2 aliphatic carbocycles. The Morgan fingerprint density at radius 1 is 0.655 bits per heavy atom. The maximum atomic E-state index is 6.06. The van der Waals surface area contributed by atoms with Crippen LogP contribution in [0.1, 0.15) is 122 Å². The van der Waals surface area contributed by atoms with Crippen molar-refractivity contribution in [3.8, 4) is 5.75 Å². The van der Waals surface area contributed by atoms with Gasteiger partial charge in [-0.1, -0.05) is 83.8 Å². The fraction of sp³-hybridized carbons (Fsp3) is 0.786. The third kappa shape index (κ3) is 7.65. The summed E-state index contributed by atoms with van der Waals surface area (Å²) in [6.07, 6.45) is 21.1. The minimum Gasteiger partial charge on any atom is -0.494 e. The van der Waals surface area contributed by atoms with Crippen LogP contribution in [-0.4, -0.2) is 6.61 Å². The number of unbranched alkanes of at least 4 members (excludes halogenated alkanes) is 1. The Balaban J connectivity index is 1.30. The molecule has 3 rings (SSSR count). The lowest BCUT2D eigenvalue weighted by Crippen LogP contribution is -2.15. The van der Waals surface area contributed by atoms with Gasteiger partial charge in [-0.05, 0) is 79.9 Å². The Labute approximate surface area is 181 Å². The molecule has 1 aromatic rings. The first-order valence-corrected chi connectivity index (χ1v) is 13.0. The van der Waals surface area contributed by atoms with E-state index < -0.39 is 0 Å².